The van der Waals surface area contributed by atoms with Crippen molar-refractivity contribution in [1.29, 1.82) is 0 Å². The molecule has 1 aliphatic carbocycles. The van der Waals surface area contributed by atoms with Crippen molar-refractivity contribution in [2.45, 2.75) is 77.1 Å². The van der Waals surface area contributed by atoms with E-state index in [0.29, 0.717) is 0 Å². The minimum absolute atomic E-state index is 0.0347. The van der Waals surface area contributed by atoms with Gasteiger partial charge in [0.25, 0.3) is 0 Å². The van der Waals surface area contributed by atoms with Crippen LogP contribution in [0.15, 0.2) is 23.8 Å². The summed E-state index contributed by atoms with van der Waals surface area (Å²) in [5.41, 5.74) is 0.637. The molecule has 0 aromatic rings. The van der Waals surface area contributed by atoms with Crippen LogP contribution in [-0.2, 0) is 4.74 Å². The fourth-order valence-corrected chi connectivity index (χ4v) is 2.85. The Morgan fingerprint density at radius 1 is 1.29 bits per heavy atom. The molecular formula is C18H32O3. The minimum Gasteiger partial charge on any atom is -0.390 e. The lowest BCUT2D eigenvalue weighted by atomic mass is 9.89. The monoisotopic (exact) mass is 296 g/mol. The van der Waals surface area contributed by atoms with E-state index in [-0.39, 0.29) is 12.0 Å². The van der Waals surface area contributed by atoms with Crippen molar-refractivity contribution in [3.8, 4) is 0 Å². The topological polar surface area (TPSA) is 49.7 Å². The van der Waals surface area contributed by atoms with E-state index in [4.69, 9.17) is 4.74 Å². The highest BCUT2D eigenvalue weighted by molar-refractivity contribution is 5.06. The van der Waals surface area contributed by atoms with Crippen LogP contribution in [-0.4, -0.2) is 35.1 Å². The Bertz CT molecular complexity index is 357. The van der Waals surface area contributed by atoms with Crippen molar-refractivity contribution >= 4 is 0 Å². The van der Waals surface area contributed by atoms with Crippen LogP contribution in [0.25, 0.3) is 0 Å². The summed E-state index contributed by atoms with van der Waals surface area (Å²) in [6.45, 7) is 6.02. The standard InChI is InChI=1S/C18H32O3/c1-14-10-12-18(3,20)11-8-6-5-7-9-16(21-4)17(19)15(2)13-14/h7,9,13,15-17,19-20H,5-6,8,10-12H2,1-4H3/b9-7+,14-13-/t15?,16?,17-,18?/m0/s1. The van der Waals surface area contributed by atoms with Gasteiger partial charge in [-0.3, -0.25) is 0 Å². The summed E-state index contributed by atoms with van der Waals surface area (Å²) in [7, 11) is 1.64. The fraction of sp³-hybridized carbons (Fsp3) is 0.778. The van der Waals surface area contributed by atoms with E-state index in [1.807, 2.05) is 19.9 Å². The average Bonchev–Trinajstić information content (AvgIpc) is 2.43. The Labute approximate surface area is 129 Å². The number of allylic oxidation sites excluding steroid dienone is 2. The lowest BCUT2D eigenvalue weighted by Gasteiger charge is -2.25. The summed E-state index contributed by atoms with van der Waals surface area (Å²) in [6, 6.07) is 0. The molecule has 0 aliphatic heterocycles. The molecule has 0 saturated heterocycles. The molecule has 0 radical (unpaired) electrons. The van der Waals surface area contributed by atoms with Crippen LogP contribution in [0.5, 0.6) is 0 Å². The van der Waals surface area contributed by atoms with Crippen molar-refractivity contribution in [1.82, 2.24) is 0 Å². The maximum atomic E-state index is 10.4. The Kier molecular flexibility index (Phi) is 7.64. The normalized spacial score (nSPS) is 40.9. The second kappa shape index (κ2) is 8.72. The Morgan fingerprint density at radius 3 is 2.67 bits per heavy atom. The largest absolute Gasteiger partial charge is 0.390 e. The minimum atomic E-state index is -0.583. The number of hydrogen-bond donors (Lipinski definition) is 2. The summed E-state index contributed by atoms with van der Waals surface area (Å²) in [5.74, 6) is 0.0347. The van der Waals surface area contributed by atoms with Crippen LogP contribution in [0, 0.1) is 5.92 Å². The fourth-order valence-electron chi connectivity index (χ4n) is 2.85. The quantitative estimate of drug-likeness (QED) is 0.727. The Morgan fingerprint density at radius 2 is 2.00 bits per heavy atom. The molecule has 0 aromatic heterocycles. The van der Waals surface area contributed by atoms with Gasteiger partial charge in [-0.25, -0.2) is 0 Å². The third-order valence-electron chi connectivity index (χ3n) is 4.41. The van der Waals surface area contributed by atoms with E-state index in [2.05, 4.69) is 19.1 Å². The van der Waals surface area contributed by atoms with E-state index in [0.717, 1.165) is 38.5 Å². The first-order chi connectivity index (χ1) is 9.85. The van der Waals surface area contributed by atoms with Crippen LogP contribution in [0.4, 0.5) is 0 Å². The SMILES string of the molecule is COC1/C=C/CCCCC(C)(O)CC/C(C)=C\C(C)[C@@H]1O. The van der Waals surface area contributed by atoms with E-state index in [1.54, 1.807) is 7.11 Å². The van der Waals surface area contributed by atoms with Gasteiger partial charge in [-0.15, -0.1) is 0 Å². The number of rotatable bonds is 1. The zero-order valence-corrected chi connectivity index (χ0v) is 14.0. The zero-order chi connectivity index (χ0) is 15.9. The highest BCUT2D eigenvalue weighted by Gasteiger charge is 2.23. The Balaban J connectivity index is 2.83. The molecule has 0 bridgehead atoms. The maximum absolute atomic E-state index is 10.4. The van der Waals surface area contributed by atoms with Gasteiger partial charge in [-0.2, -0.15) is 0 Å². The molecular weight excluding hydrogens is 264 g/mol. The van der Waals surface area contributed by atoms with E-state index in [9.17, 15) is 10.2 Å². The summed E-state index contributed by atoms with van der Waals surface area (Å²) >= 11 is 0. The van der Waals surface area contributed by atoms with Crippen molar-refractivity contribution in [2.75, 3.05) is 7.11 Å². The van der Waals surface area contributed by atoms with Crippen molar-refractivity contribution in [3.05, 3.63) is 23.8 Å². The van der Waals surface area contributed by atoms with Gasteiger partial charge in [0.15, 0.2) is 0 Å². The molecule has 3 nitrogen and oxygen atoms in total. The third-order valence-corrected chi connectivity index (χ3v) is 4.41. The lowest BCUT2D eigenvalue weighted by Crippen LogP contribution is -2.31. The van der Waals surface area contributed by atoms with Crippen molar-refractivity contribution in [2.24, 2.45) is 5.92 Å². The van der Waals surface area contributed by atoms with Gasteiger partial charge in [0, 0.05) is 13.0 Å². The van der Waals surface area contributed by atoms with Gasteiger partial charge in [0.05, 0.1) is 11.7 Å². The molecule has 21 heavy (non-hydrogen) atoms. The van der Waals surface area contributed by atoms with Gasteiger partial charge in [0.2, 0.25) is 0 Å². The molecule has 1 aliphatic rings. The molecule has 3 heteroatoms. The molecule has 3 unspecified atom stereocenters. The van der Waals surface area contributed by atoms with Gasteiger partial charge in [-0.05, 0) is 46.0 Å². The second-order valence-corrected chi connectivity index (χ2v) is 6.73. The second-order valence-electron chi connectivity index (χ2n) is 6.73. The molecule has 4 atom stereocenters. The molecule has 1 rings (SSSR count). The highest BCUT2D eigenvalue weighted by atomic mass is 16.5. The van der Waals surface area contributed by atoms with Crippen LogP contribution >= 0.6 is 0 Å². The molecule has 0 saturated carbocycles. The smallest absolute Gasteiger partial charge is 0.102 e. The third kappa shape index (κ3) is 6.77. The van der Waals surface area contributed by atoms with E-state index in [1.165, 1.54) is 5.57 Å². The number of hydrogen-bond acceptors (Lipinski definition) is 3. The van der Waals surface area contributed by atoms with Gasteiger partial charge >= 0.3 is 0 Å². The molecule has 0 heterocycles. The zero-order valence-electron chi connectivity index (χ0n) is 14.0. The highest BCUT2D eigenvalue weighted by Crippen LogP contribution is 2.24. The van der Waals surface area contributed by atoms with Gasteiger partial charge in [0.1, 0.15) is 6.10 Å². The van der Waals surface area contributed by atoms with Crippen molar-refractivity contribution in [3.63, 3.8) is 0 Å². The van der Waals surface area contributed by atoms with E-state index < -0.39 is 11.7 Å². The number of ether oxygens (including phenoxy) is 1. The van der Waals surface area contributed by atoms with Crippen molar-refractivity contribution < 1.29 is 14.9 Å². The molecule has 0 fully saturated rings. The summed E-state index contributed by atoms with van der Waals surface area (Å²) in [5, 5.41) is 20.8. The molecule has 122 valence electrons. The van der Waals surface area contributed by atoms with Crippen LogP contribution < -0.4 is 0 Å². The predicted molar refractivity (Wildman–Crippen MR) is 87.2 cm³/mol. The Hall–Kier alpha value is -0.640. The summed E-state index contributed by atoms with van der Waals surface area (Å²) in [4.78, 5) is 0. The van der Waals surface area contributed by atoms with E-state index >= 15 is 0 Å². The van der Waals surface area contributed by atoms with Crippen LogP contribution in [0.2, 0.25) is 0 Å². The molecule has 0 spiro atoms. The van der Waals surface area contributed by atoms with Crippen LogP contribution in [0.3, 0.4) is 0 Å². The first-order valence-corrected chi connectivity index (χ1v) is 8.13. The molecule has 0 amide bonds. The number of aliphatic hydroxyl groups is 2. The predicted octanol–water partition coefficient (Wildman–Crippen LogP) is 3.61. The molecule has 2 N–H and O–H groups in total. The molecule has 0 aromatic carbocycles. The number of aliphatic hydroxyl groups excluding tert-OH is 1. The lowest BCUT2D eigenvalue weighted by molar-refractivity contribution is -0.00202. The first-order valence-electron chi connectivity index (χ1n) is 8.13. The van der Waals surface area contributed by atoms with Crippen LogP contribution in [0.1, 0.15) is 59.3 Å². The van der Waals surface area contributed by atoms with Gasteiger partial charge < -0.3 is 14.9 Å². The summed E-state index contributed by atoms with van der Waals surface area (Å²) in [6.07, 6.45) is 10.9. The average molecular weight is 296 g/mol. The summed E-state index contributed by atoms with van der Waals surface area (Å²) < 4.78 is 5.40. The number of methoxy groups -OCH3 is 1. The maximum Gasteiger partial charge on any atom is 0.102 e. The first kappa shape index (κ1) is 18.4. The van der Waals surface area contributed by atoms with Gasteiger partial charge in [-0.1, -0.05) is 37.1 Å².